The molecule has 0 saturated carbocycles. The molecule has 0 saturated heterocycles. The first-order valence-electron chi connectivity index (χ1n) is 5.55. The van der Waals surface area contributed by atoms with Crippen LogP contribution in [-0.4, -0.2) is 5.04 Å². The summed E-state index contributed by atoms with van der Waals surface area (Å²) in [5.41, 5.74) is 2.69. The van der Waals surface area contributed by atoms with E-state index >= 15 is 0 Å². The lowest BCUT2D eigenvalue weighted by molar-refractivity contribution is 1.42. The summed E-state index contributed by atoms with van der Waals surface area (Å²) in [6.45, 7) is 0. The van der Waals surface area contributed by atoms with E-state index in [-0.39, 0.29) is 17.0 Å². The van der Waals surface area contributed by atoms with Gasteiger partial charge in [-0.2, -0.15) is 5.26 Å². The Bertz CT molecular complexity index is 573. The summed E-state index contributed by atoms with van der Waals surface area (Å²) in [6, 6.07) is 19.3. The maximum atomic E-state index is 8.71. The van der Waals surface area contributed by atoms with E-state index in [2.05, 4.69) is 18.2 Å². The largest absolute Gasteiger partial charge is 0.293 e. The minimum absolute atomic E-state index is 0. The molecule has 2 rings (SSSR count). The average molecular weight is 333 g/mol. The number of benzene rings is 2. The van der Waals surface area contributed by atoms with Gasteiger partial charge in [0.1, 0.15) is 0 Å². The van der Waals surface area contributed by atoms with Crippen molar-refractivity contribution < 1.29 is 0 Å². The Labute approximate surface area is 127 Å². The molecule has 0 aliphatic carbocycles. The van der Waals surface area contributed by atoms with Gasteiger partial charge in [0.25, 0.3) is 0 Å². The van der Waals surface area contributed by atoms with E-state index in [0.29, 0.717) is 10.6 Å². The fraction of sp³-hybridized carbons (Fsp3) is 0.0667. The zero-order valence-corrected chi connectivity index (χ0v) is 12.7. The Balaban J connectivity index is 0.00000180. The lowest BCUT2D eigenvalue weighted by Crippen LogP contribution is -1.94. The lowest BCUT2D eigenvalue weighted by atomic mass is 10.2. The zero-order chi connectivity index (χ0) is 12.8. The summed E-state index contributed by atoms with van der Waals surface area (Å²) in [4.78, 5) is 0. The topological polar surface area (TPSA) is 47.6 Å². The fourth-order valence-electron chi connectivity index (χ4n) is 1.51. The average Bonchev–Trinajstić information content (AvgIpc) is 2.46. The minimum atomic E-state index is 0. The van der Waals surface area contributed by atoms with Gasteiger partial charge in [0, 0.05) is 11.3 Å². The van der Waals surface area contributed by atoms with Crippen molar-refractivity contribution in [2.75, 3.05) is 0 Å². The van der Waals surface area contributed by atoms with Crippen LogP contribution in [0.5, 0.6) is 0 Å². The first kappa shape index (κ1) is 15.5. The quantitative estimate of drug-likeness (QED) is 0.669. The van der Waals surface area contributed by atoms with E-state index in [0.717, 1.165) is 11.3 Å². The van der Waals surface area contributed by atoms with Crippen molar-refractivity contribution in [2.45, 2.75) is 5.75 Å². The lowest BCUT2D eigenvalue weighted by Gasteiger charge is -2.04. The molecule has 0 aliphatic rings. The molecule has 0 amide bonds. The Morgan fingerprint density at radius 1 is 1.05 bits per heavy atom. The van der Waals surface area contributed by atoms with Crippen LogP contribution in [0.15, 0.2) is 54.6 Å². The molecule has 19 heavy (non-hydrogen) atoms. The number of thioether (sulfide) groups is 1. The molecule has 0 spiro atoms. The summed E-state index contributed by atoms with van der Waals surface area (Å²) in [5, 5.41) is 17.2. The van der Waals surface area contributed by atoms with Gasteiger partial charge < -0.3 is 0 Å². The van der Waals surface area contributed by atoms with Crippen LogP contribution in [0.4, 0.5) is 0 Å². The number of nitriles is 1. The first-order valence-corrected chi connectivity index (χ1v) is 6.54. The van der Waals surface area contributed by atoms with E-state index < -0.39 is 0 Å². The second-order valence-corrected chi connectivity index (χ2v) is 4.78. The van der Waals surface area contributed by atoms with Gasteiger partial charge in [-0.3, -0.25) is 5.41 Å². The van der Waals surface area contributed by atoms with Gasteiger partial charge in [-0.05, 0) is 17.7 Å². The second kappa shape index (κ2) is 7.78. The summed E-state index contributed by atoms with van der Waals surface area (Å²) in [5.74, 6) is 0.791. The van der Waals surface area contributed by atoms with Crippen LogP contribution in [-0.2, 0) is 5.75 Å². The van der Waals surface area contributed by atoms with Crippen molar-refractivity contribution in [2.24, 2.45) is 0 Å². The molecule has 96 valence electrons. The highest BCUT2D eigenvalue weighted by atomic mass is 79.9. The molecule has 0 aromatic heterocycles. The molecule has 2 aromatic carbocycles. The van der Waals surface area contributed by atoms with E-state index in [9.17, 15) is 0 Å². The molecule has 0 fully saturated rings. The Hall–Kier alpha value is -1.57. The Kier molecular flexibility index (Phi) is 6.34. The van der Waals surface area contributed by atoms with Gasteiger partial charge in [-0.25, -0.2) is 0 Å². The third-order valence-corrected chi connectivity index (χ3v) is 3.50. The highest BCUT2D eigenvalue weighted by Crippen LogP contribution is 2.18. The maximum absolute atomic E-state index is 8.71. The van der Waals surface area contributed by atoms with Crippen molar-refractivity contribution >= 4 is 33.8 Å². The van der Waals surface area contributed by atoms with Crippen LogP contribution in [0, 0.1) is 16.7 Å². The molecule has 2 nitrogen and oxygen atoms in total. The van der Waals surface area contributed by atoms with Gasteiger partial charge in [0.05, 0.1) is 16.7 Å². The van der Waals surface area contributed by atoms with Gasteiger partial charge in [-0.15, -0.1) is 28.7 Å². The highest BCUT2D eigenvalue weighted by Gasteiger charge is 2.02. The van der Waals surface area contributed by atoms with Gasteiger partial charge >= 0.3 is 0 Å². The number of hydrogen-bond donors (Lipinski definition) is 1. The van der Waals surface area contributed by atoms with Gasteiger partial charge in [0.2, 0.25) is 0 Å². The molecule has 0 radical (unpaired) electrons. The standard InChI is InChI=1S/C15H12N2S.BrH/c16-10-12-6-8-14(9-7-12)15(17)18-11-13-4-2-1-3-5-13;/h1-9,17H,11H2;1H. The minimum Gasteiger partial charge on any atom is -0.293 e. The number of nitrogens with zero attached hydrogens (tertiary/aromatic N) is 1. The zero-order valence-electron chi connectivity index (χ0n) is 10.2. The predicted molar refractivity (Wildman–Crippen MR) is 86.0 cm³/mol. The number of rotatable bonds is 3. The predicted octanol–water partition coefficient (Wildman–Crippen LogP) is 4.39. The normalized spacial score (nSPS) is 9.21. The smallest absolute Gasteiger partial charge is 0.0991 e. The number of halogens is 1. The Morgan fingerprint density at radius 3 is 2.26 bits per heavy atom. The molecule has 4 heteroatoms. The number of hydrogen-bond acceptors (Lipinski definition) is 3. The fourth-order valence-corrected chi connectivity index (χ4v) is 2.32. The van der Waals surface area contributed by atoms with E-state index in [1.165, 1.54) is 17.3 Å². The van der Waals surface area contributed by atoms with Crippen LogP contribution in [0.2, 0.25) is 0 Å². The SMILES string of the molecule is Br.N#Cc1ccc(C(=N)SCc2ccccc2)cc1. The third kappa shape index (κ3) is 4.55. The third-order valence-electron chi connectivity index (χ3n) is 2.50. The van der Waals surface area contributed by atoms with Crippen molar-refractivity contribution in [1.82, 2.24) is 0 Å². The molecular formula is C15H13BrN2S. The van der Waals surface area contributed by atoms with Crippen LogP contribution in [0.3, 0.4) is 0 Å². The van der Waals surface area contributed by atoms with Crippen molar-refractivity contribution in [1.29, 1.82) is 10.7 Å². The summed E-state index contributed by atoms with van der Waals surface area (Å²) >= 11 is 1.50. The van der Waals surface area contributed by atoms with Crippen LogP contribution in [0.1, 0.15) is 16.7 Å². The van der Waals surface area contributed by atoms with E-state index in [1.54, 1.807) is 12.1 Å². The molecule has 0 bridgehead atoms. The van der Waals surface area contributed by atoms with Crippen LogP contribution < -0.4 is 0 Å². The number of nitrogens with one attached hydrogen (secondary N) is 1. The van der Waals surface area contributed by atoms with Crippen molar-refractivity contribution in [3.8, 4) is 6.07 Å². The molecular weight excluding hydrogens is 320 g/mol. The molecule has 0 unspecified atom stereocenters. The summed E-state index contributed by atoms with van der Waals surface area (Å²) < 4.78 is 0. The monoisotopic (exact) mass is 332 g/mol. The van der Waals surface area contributed by atoms with Gasteiger partial charge in [-0.1, -0.05) is 42.5 Å². The molecule has 0 heterocycles. The Morgan fingerprint density at radius 2 is 1.68 bits per heavy atom. The summed E-state index contributed by atoms with van der Waals surface area (Å²) in [7, 11) is 0. The summed E-state index contributed by atoms with van der Waals surface area (Å²) in [6.07, 6.45) is 0. The highest BCUT2D eigenvalue weighted by molar-refractivity contribution is 8.93. The molecule has 0 atom stereocenters. The maximum Gasteiger partial charge on any atom is 0.0991 e. The van der Waals surface area contributed by atoms with E-state index in [4.69, 9.17) is 10.7 Å². The van der Waals surface area contributed by atoms with Crippen molar-refractivity contribution in [3.05, 3.63) is 71.3 Å². The van der Waals surface area contributed by atoms with Gasteiger partial charge in [0.15, 0.2) is 0 Å². The molecule has 2 aromatic rings. The molecule has 1 N–H and O–H groups in total. The molecule has 0 aliphatic heterocycles. The second-order valence-electron chi connectivity index (χ2n) is 3.79. The first-order chi connectivity index (χ1) is 8.79. The van der Waals surface area contributed by atoms with Crippen LogP contribution in [0.25, 0.3) is 0 Å². The van der Waals surface area contributed by atoms with Crippen LogP contribution >= 0.6 is 28.7 Å². The van der Waals surface area contributed by atoms with E-state index in [1.807, 2.05) is 30.3 Å². The van der Waals surface area contributed by atoms with Crippen molar-refractivity contribution in [3.63, 3.8) is 0 Å².